The first-order chi connectivity index (χ1) is 18.2. The van der Waals surface area contributed by atoms with E-state index < -0.39 is 14.9 Å². The van der Waals surface area contributed by atoms with Crippen LogP contribution in [0, 0.1) is 10.1 Å². The zero-order valence-corrected chi connectivity index (χ0v) is 22.9. The Kier molecular flexibility index (Phi) is 9.15. The van der Waals surface area contributed by atoms with Crippen LogP contribution in [0.15, 0.2) is 64.6 Å². The fourth-order valence-corrected chi connectivity index (χ4v) is 6.11. The zero-order valence-electron chi connectivity index (χ0n) is 21.3. The van der Waals surface area contributed by atoms with Gasteiger partial charge in [0.1, 0.15) is 17.8 Å². The van der Waals surface area contributed by atoms with E-state index in [9.17, 15) is 18.5 Å². The summed E-state index contributed by atoms with van der Waals surface area (Å²) in [4.78, 5) is 22.7. The molecule has 1 unspecified atom stereocenters. The van der Waals surface area contributed by atoms with Crippen molar-refractivity contribution in [1.82, 2.24) is 20.2 Å². The van der Waals surface area contributed by atoms with Crippen LogP contribution < -0.4 is 15.4 Å². The summed E-state index contributed by atoms with van der Waals surface area (Å²) >= 11 is 1.66. The van der Waals surface area contributed by atoms with Gasteiger partial charge in [0, 0.05) is 34.9 Å². The Hall–Kier alpha value is -3.26. The second kappa shape index (κ2) is 12.5. The molecule has 0 spiro atoms. The number of aromatic nitrogens is 2. The Morgan fingerprint density at radius 2 is 1.97 bits per heavy atom. The summed E-state index contributed by atoms with van der Waals surface area (Å²) in [6, 6.07) is 13.8. The summed E-state index contributed by atoms with van der Waals surface area (Å²) in [5.41, 5.74) is 1.42. The Morgan fingerprint density at radius 3 is 2.71 bits per heavy atom. The first-order valence-corrected chi connectivity index (χ1v) is 14.6. The molecule has 3 aromatic rings. The lowest BCUT2D eigenvalue weighted by atomic mass is 10.1. The predicted octanol–water partition coefficient (Wildman–Crippen LogP) is 3.36. The second-order valence-electron chi connectivity index (χ2n) is 9.17. The van der Waals surface area contributed by atoms with Crippen molar-refractivity contribution >= 4 is 39.0 Å². The SMILES string of the molecule is CN(C)CCC(CSc1ccccc1)Nc1ccc(S(=O)(=O)Nc2ncnc3c2CCNC3)cc1[N+](=O)[O-]. The molecule has 0 saturated heterocycles. The van der Waals surface area contributed by atoms with Gasteiger partial charge in [-0.25, -0.2) is 18.4 Å². The third-order valence-corrected chi connectivity index (χ3v) is 8.58. The fourth-order valence-electron chi connectivity index (χ4n) is 4.05. The van der Waals surface area contributed by atoms with E-state index in [-0.39, 0.29) is 28.1 Å². The number of sulfonamides is 1. The Labute approximate surface area is 226 Å². The third kappa shape index (κ3) is 7.19. The summed E-state index contributed by atoms with van der Waals surface area (Å²) < 4.78 is 28.9. The molecule has 3 N–H and O–H groups in total. The van der Waals surface area contributed by atoms with Crippen LogP contribution in [0.5, 0.6) is 0 Å². The van der Waals surface area contributed by atoms with Gasteiger partial charge in [0.25, 0.3) is 15.7 Å². The van der Waals surface area contributed by atoms with E-state index in [2.05, 4.69) is 30.2 Å². The topological polar surface area (TPSA) is 142 Å². The number of anilines is 2. The Morgan fingerprint density at radius 1 is 1.18 bits per heavy atom. The molecule has 13 heteroatoms. The minimum atomic E-state index is -4.12. The van der Waals surface area contributed by atoms with Crippen molar-refractivity contribution in [2.45, 2.75) is 35.2 Å². The third-order valence-electron chi connectivity index (χ3n) is 6.06. The van der Waals surface area contributed by atoms with Crippen LogP contribution in [0.3, 0.4) is 0 Å². The number of benzene rings is 2. The van der Waals surface area contributed by atoms with Crippen molar-refractivity contribution in [1.29, 1.82) is 0 Å². The quantitative estimate of drug-likeness (QED) is 0.172. The van der Waals surface area contributed by atoms with Gasteiger partial charge >= 0.3 is 0 Å². The lowest BCUT2D eigenvalue weighted by Gasteiger charge is -2.22. The van der Waals surface area contributed by atoms with E-state index in [4.69, 9.17) is 0 Å². The molecule has 202 valence electrons. The Bertz CT molecular complexity index is 1370. The molecule has 0 fully saturated rings. The molecule has 0 saturated carbocycles. The van der Waals surface area contributed by atoms with E-state index >= 15 is 0 Å². The van der Waals surface area contributed by atoms with E-state index in [1.807, 2.05) is 44.4 Å². The lowest BCUT2D eigenvalue weighted by molar-refractivity contribution is -0.384. The van der Waals surface area contributed by atoms with Gasteiger partial charge in [-0.3, -0.25) is 14.8 Å². The molecule has 0 aliphatic carbocycles. The largest absolute Gasteiger partial charge is 0.376 e. The molecule has 0 radical (unpaired) electrons. The van der Waals surface area contributed by atoms with E-state index in [0.717, 1.165) is 35.2 Å². The van der Waals surface area contributed by atoms with Gasteiger partial charge in [0.2, 0.25) is 0 Å². The van der Waals surface area contributed by atoms with E-state index in [0.29, 0.717) is 25.3 Å². The summed E-state index contributed by atoms with van der Waals surface area (Å²) in [5.74, 6) is 0.882. The molecule has 1 atom stereocenters. The molecule has 2 heterocycles. The smallest absolute Gasteiger partial charge is 0.293 e. The first kappa shape index (κ1) is 27.8. The van der Waals surface area contributed by atoms with Crippen LogP contribution in [0.4, 0.5) is 17.2 Å². The molecule has 2 aromatic carbocycles. The van der Waals surface area contributed by atoms with E-state index in [1.165, 1.54) is 18.5 Å². The Balaban J connectivity index is 1.56. The molecule has 0 amide bonds. The van der Waals surface area contributed by atoms with Crippen molar-refractivity contribution in [3.8, 4) is 0 Å². The minimum Gasteiger partial charge on any atom is -0.376 e. The van der Waals surface area contributed by atoms with Crippen LogP contribution in [-0.2, 0) is 23.0 Å². The highest BCUT2D eigenvalue weighted by molar-refractivity contribution is 7.99. The molecule has 4 rings (SSSR count). The average molecular weight is 558 g/mol. The molecule has 1 aliphatic rings. The van der Waals surface area contributed by atoms with Gasteiger partial charge < -0.3 is 15.5 Å². The fraction of sp³-hybridized carbons (Fsp3) is 0.360. The second-order valence-corrected chi connectivity index (χ2v) is 11.9. The highest BCUT2D eigenvalue weighted by Crippen LogP contribution is 2.31. The molecule has 1 aromatic heterocycles. The monoisotopic (exact) mass is 557 g/mol. The number of fused-ring (bicyclic) bond motifs is 1. The summed E-state index contributed by atoms with van der Waals surface area (Å²) in [5, 5.41) is 18.5. The number of nitro benzene ring substituents is 1. The average Bonchev–Trinajstić information content (AvgIpc) is 2.90. The van der Waals surface area contributed by atoms with Crippen molar-refractivity contribution in [3.05, 3.63) is 76.2 Å². The lowest BCUT2D eigenvalue weighted by Crippen LogP contribution is -2.28. The maximum Gasteiger partial charge on any atom is 0.293 e. The molecular weight excluding hydrogens is 526 g/mol. The van der Waals surface area contributed by atoms with Crippen molar-refractivity contribution in [2.24, 2.45) is 0 Å². The van der Waals surface area contributed by atoms with Crippen LogP contribution in [0.1, 0.15) is 17.7 Å². The summed E-state index contributed by atoms with van der Waals surface area (Å²) in [6.07, 6.45) is 2.63. The molecular formula is C25H31N7O4S2. The minimum absolute atomic E-state index is 0.0805. The van der Waals surface area contributed by atoms with Gasteiger partial charge in [-0.05, 0) is 64.3 Å². The molecule has 38 heavy (non-hydrogen) atoms. The number of hydrogen-bond acceptors (Lipinski definition) is 10. The number of nitro groups is 1. The first-order valence-electron chi connectivity index (χ1n) is 12.2. The van der Waals surface area contributed by atoms with Crippen molar-refractivity contribution < 1.29 is 13.3 Å². The van der Waals surface area contributed by atoms with Gasteiger partial charge in [-0.1, -0.05) is 18.2 Å². The highest BCUT2D eigenvalue weighted by Gasteiger charge is 2.25. The normalized spacial score (nSPS) is 14.1. The van der Waals surface area contributed by atoms with Crippen LogP contribution in [0.2, 0.25) is 0 Å². The maximum absolute atomic E-state index is 13.2. The molecule has 1 aliphatic heterocycles. The highest BCUT2D eigenvalue weighted by atomic mass is 32.2. The number of nitrogens with one attached hydrogen (secondary N) is 3. The number of rotatable bonds is 12. The standard InChI is InChI=1S/C25H31N7O4S2/c1-31(2)13-11-18(16-37-19-6-4-3-5-7-19)29-22-9-8-20(14-24(22)32(33)34)38(35,36)30-25-21-10-12-26-15-23(21)27-17-28-25/h3-9,14,17-18,26,29H,10-13,15-16H2,1-2H3,(H,27,28,30). The number of hydrogen-bond donors (Lipinski definition) is 3. The predicted molar refractivity (Wildman–Crippen MR) is 149 cm³/mol. The summed E-state index contributed by atoms with van der Waals surface area (Å²) in [7, 11) is -0.171. The van der Waals surface area contributed by atoms with Gasteiger partial charge in [-0.15, -0.1) is 11.8 Å². The van der Waals surface area contributed by atoms with Crippen molar-refractivity contribution in [2.75, 3.05) is 43.0 Å². The molecule has 0 bridgehead atoms. The van der Waals surface area contributed by atoms with Crippen molar-refractivity contribution in [3.63, 3.8) is 0 Å². The number of thioether (sulfide) groups is 1. The number of nitrogens with zero attached hydrogens (tertiary/aromatic N) is 4. The van der Waals surface area contributed by atoms with Crippen LogP contribution in [-0.4, -0.2) is 67.2 Å². The maximum atomic E-state index is 13.2. The van der Waals surface area contributed by atoms with Gasteiger partial charge in [0.05, 0.1) is 15.5 Å². The van der Waals surface area contributed by atoms with Crippen LogP contribution in [0.25, 0.3) is 0 Å². The van der Waals surface area contributed by atoms with E-state index in [1.54, 1.807) is 11.8 Å². The summed E-state index contributed by atoms with van der Waals surface area (Å²) in [6.45, 7) is 1.99. The zero-order chi connectivity index (χ0) is 27.1. The molecule has 11 nitrogen and oxygen atoms in total. The van der Waals surface area contributed by atoms with Crippen LogP contribution >= 0.6 is 11.8 Å². The van der Waals surface area contributed by atoms with Gasteiger partial charge in [0.15, 0.2) is 0 Å². The van der Waals surface area contributed by atoms with Gasteiger partial charge in [-0.2, -0.15) is 0 Å².